The van der Waals surface area contributed by atoms with Crippen molar-refractivity contribution < 1.29 is 4.74 Å². The topological polar surface area (TPSA) is 24.5 Å². The molecule has 0 aromatic heterocycles. The number of hydrogen-bond acceptors (Lipinski definition) is 3. The summed E-state index contributed by atoms with van der Waals surface area (Å²) in [5, 5.41) is 3.55. The van der Waals surface area contributed by atoms with Crippen molar-refractivity contribution in [3.05, 3.63) is 29.3 Å². The molecular weight excluding hydrogens is 284 g/mol. The summed E-state index contributed by atoms with van der Waals surface area (Å²) in [6, 6.07) is 6.75. The second-order valence-electron chi connectivity index (χ2n) is 6.56. The molecular formula is C17H25ClN2O. The van der Waals surface area contributed by atoms with Crippen LogP contribution in [0.3, 0.4) is 0 Å². The zero-order valence-electron chi connectivity index (χ0n) is 12.5. The molecule has 0 amide bonds. The van der Waals surface area contributed by atoms with Gasteiger partial charge in [0.05, 0.1) is 6.61 Å². The number of piperidine rings is 1. The maximum absolute atomic E-state index is 5.58. The van der Waals surface area contributed by atoms with Crippen LogP contribution in [0.2, 0.25) is 0 Å². The monoisotopic (exact) mass is 308 g/mol. The number of nitrogens with zero attached hydrogens (tertiary/aromatic N) is 1. The molecule has 0 bridgehead atoms. The summed E-state index contributed by atoms with van der Waals surface area (Å²) in [5.41, 5.74) is 2.88. The lowest BCUT2D eigenvalue weighted by molar-refractivity contribution is 0.150. The van der Waals surface area contributed by atoms with Crippen LogP contribution in [0, 0.1) is 11.8 Å². The molecule has 0 spiro atoms. The molecule has 2 fully saturated rings. The summed E-state index contributed by atoms with van der Waals surface area (Å²) in [4.78, 5) is 2.66. The minimum absolute atomic E-state index is 0. The lowest BCUT2D eigenvalue weighted by Crippen LogP contribution is -2.40. The van der Waals surface area contributed by atoms with Crippen molar-refractivity contribution in [3.8, 4) is 5.75 Å². The van der Waals surface area contributed by atoms with Gasteiger partial charge in [0.2, 0.25) is 0 Å². The van der Waals surface area contributed by atoms with Crippen LogP contribution >= 0.6 is 12.4 Å². The Morgan fingerprint density at radius 2 is 2.14 bits per heavy atom. The van der Waals surface area contributed by atoms with E-state index in [4.69, 9.17) is 4.74 Å². The minimum Gasteiger partial charge on any atom is -0.493 e. The molecule has 0 radical (unpaired) electrons. The zero-order chi connectivity index (χ0) is 13.4. The minimum atomic E-state index is 0. The lowest BCUT2D eigenvalue weighted by atomic mass is 9.88. The first-order valence-electron chi connectivity index (χ1n) is 8.06. The summed E-state index contributed by atoms with van der Waals surface area (Å²) in [6.45, 7) is 7.15. The average molecular weight is 309 g/mol. The third kappa shape index (κ3) is 3.20. The predicted octanol–water partition coefficient (Wildman–Crippen LogP) is 2.13. The van der Waals surface area contributed by atoms with E-state index in [0.717, 1.165) is 30.6 Å². The number of ether oxygens (including phenoxy) is 1. The van der Waals surface area contributed by atoms with Gasteiger partial charge in [0.15, 0.2) is 0 Å². The average Bonchev–Trinajstić information content (AvgIpc) is 3.12. The lowest BCUT2D eigenvalue weighted by Gasteiger charge is -2.34. The van der Waals surface area contributed by atoms with Crippen LogP contribution in [0.4, 0.5) is 0 Å². The molecule has 1 aromatic carbocycles. The molecule has 2 unspecified atom stereocenters. The van der Waals surface area contributed by atoms with E-state index in [0.29, 0.717) is 0 Å². The Labute approximate surface area is 133 Å². The van der Waals surface area contributed by atoms with Crippen LogP contribution in [-0.4, -0.2) is 44.2 Å². The highest BCUT2D eigenvalue weighted by Crippen LogP contribution is 2.28. The number of fused-ring (bicyclic) bond motifs is 2. The van der Waals surface area contributed by atoms with E-state index in [2.05, 4.69) is 28.4 Å². The molecule has 3 heterocycles. The molecule has 3 nitrogen and oxygen atoms in total. The molecule has 3 aliphatic rings. The highest BCUT2D eigenvalue weighted by atomic mass is 35.5. The number of nitrogens with one attached hydrogen (secondary N) is 1. The Morgan fingerprint density at radius 3 is 3.10 bits per heavy atom. The van der Waals surface area contributed by atoms with Gasteiger partial charge >= 0.3 is 0 Å². The van der Waals surface area contributed by atoms with Gasteiger partial charge in [0.1, 0.15) is 5.75 Å². The van der Waals surface area contributed by atoms with Crippen LogP contribution in [0.1, 0.15) is 17.5 Å². The molecule has 4 heteroatoms. The van der Waals surface area contributed by atoms with Gasteiger partial charge in [-0.3, -0.25) is 0 Å². The number of rotatable bonds is 3. The molecule has 21 heavy (non-hydrogen) atoms. The molecule has 2 atom stereocenters. The molecule has 3 aliphatic heterocycles. The van der Waals surface area contributed by atoms with Gasteiger partial charge in [-0.05, 0) is 61.5 Å². The van der Waals surface area contributed by atoms with Crippen LogP contribution in [0.15, 0.2) is 18.2 Å². The molecule has 116 valence electrons. The normalized spacial score (nSPS) is 27.6. The summed E-state index contributed by atoms with van der Waals surface area (Å²) >= 11 is 0. The molecule has 0 saturated carbocycles. The smallest absolute Gasteiger partial charge is 0.122 e. The highest BCUT2D eigenvalue weighted by Gasteiger charge is 2.32. The van der Waals surface area contributed by atoms with Crippen molar-refractivity contribution in [2.75, 3.05) is 39.3 Å². The summed E-state index contributed by atoms with van der Waals surface area (Å²) in [6.07, 6.45) is 3.65. The van der Waals surface area contributed by atoms with Gasteiger partial charge < -0.3 is 15.0 Å². The first-order valence-corrected chi connectivity index (χ1v) is 8.06. The van der Waals surface area contributed by atoms with Gasteiger partial charge in [-0.15, -0.1) is 12.4 Å². The summed E-state index contributed by atoms with van der Waals surface area (Å²) in [5.74, 6) is 2.95. The Kier molecular flexibility index (Phi) is 4.72. The van der Waals surface area contributed by atoms with Crippen molar-refractivity contribution in [2.24, 2.45) is 11.8 Å². The van der Waals surface area contributed by atoms with Gasteiger partial charge in [-0.25, -0.2) is 0 Å². The molecule has 0 aliphatic carbocycles. The Hall–Kier alpha value is -0.770. The number of halogens is 1. The Morgan fingerprint density at radius 1 is 1.24 bits per heavy atom. The second-order valence-corrected chi connectivity index (χ2v) is 6.56. The van der Waals surface area contributed by atoms with Crippen molar-refractivity contribution >= 4 is 12.4 Å². The fourth-order valence-corrected chi connectivity index (χ4v) is 4.00. The maximum atomic E-state index is 5.58. The molecule has 1 aromatic rings. The second kappa shape index (κ2) is 6.55. The van der Waals surface area contributed by atoms with E-state index in [1.165, 1.54) is 56.7 Å². The van der Waals surface area contributed by atoms with E-state index in [-0.39, 0.29) is 12.4 Å². The van der Waals surface area contributed by atoms with E-state index in [9.17, 15) is 0 Å². The summed E-state index contributed by atoms with van der Waals surface area (Å²) < 4.78 is 5.58. The van der Waals surface area contributed by atoms with Crippen LogP contribution in [0.5, 0.6) is 5.75 Å². The van der Waals surface area contributed by atoms with Crippen molar-refractivity contribution in [1.82, 2.24) is 10.2 Å². The van der Waals surface area contributed by atoms with E-state index < -0.39 is 0 Å². The quantitative estimate of drug-likeness (QED) is 0.926. The first-order chi connectivity index (χ1) is 9.88. The highest BCUT2D eigenvalue weighted by molar-refractivity contribution is 5.85. The van der Waals surface area contributed by atoms with Gasteiger partial charge in [-0.1, -0.05) is 12.1 Å². The Bertz CT molecular complexity index is 494. The van der Waals surface area contributed by atoms with Crippen molar-refractivity contribution in [1.29, 1.82) is 0 Å². The molecule has 1 N–H and O–H groups in total. The van der Waals surface area contributed by atoms with Gasteiger partial charge in [0.25, 0.3) is 0 Å². The first kappa shape index (κ1) is 15.1. The Balaban J connectivity index is 0.00000132. The largest absolute Gasteiger partial charge is 0.493 e. The standard InChI is InChI=1S/C17H24N2O.ClH/c1-2-17-14(5-8-20-17)9-13(1)3-6-19-7-4-15-10-18-11-16(15)12-19;/h1-2,9,15-16,18H,3-8,10-12H2;1H. The molecule has 2 saturated heterocycles. The van der Waals surface area contributed by atoms with Crippen LogP contribution < -0.4 is 10.1 Å². The van der Waals surface area contributed by atoms with E-state index in [1.54, 1.807) is 0 Å². The van der Waals surface area contributed by atoms with Crippen LogP contribution in [-0.2, 0) is 12.8 Å². The zero-order valence-corrected chi connectivity index (χ0v) is 13.3. The van der Waals surface area contributed by atoms with E-state index >= 15 is 0 Å². The maximum Gasteiger partial charge on any atom is 0.122 e. The van der Waals surface area contributed by atoms with Crippen molar-refractivity contribution in [3.63, 3.8) is 0 Å². The van der Waals surface area contributed by atoms with Crippen LogP contribution in [0.25, 0.3) is 0 Å². The van der Waals surface area contributed by atoms with Gasteiger partial charge in [-0.2, -0.15) is 0 Å². The number of hydrogen-bond donors (Lipinski definition) is 1. The van der Waals surface area contributed by atoms with E-state index in [1.807, 2.05) is 0 Å². The molecule has 4 rings (SSSR count). The summed E-state index contributed by atoms with van der Waals surface area (Å²) in [7, 11) is 0. The predicted molar refractivity (Wildman–Crippen MR) is 87.5 cm³/mol. The fraction of sp³-hybridized carbons (Fsp3) is 0.647. The fourth-order valence-electron chi connectivity index (χ4n) is 4.00. The SMILES string of the molecule is Cl.c1cc2c(cc1CCN1CCC3CNCC3C1)CCO2. The third-order valence-corrected chi connectivity index (χ3v) is 5.26. The van der Waals surface area contributed by atoms with Gasteiger partial charge in [0, 0.05) is 19.5 Å². The van der Waals surface area contributed by atoms with Crippen molar-refractivity contribution in [2.45, 2.75) is 19.3 Å². The third-order valence-electron chi connectivity index (χ3n) is 5.26. The number of likely N-dealkylation sites (tertiary alicyclic amines) is 1. The number of benzene rings is 1.